The Hall–Kier alpha value is -0.410. The maximum absolute atomic E-state index is 13.4. The molecular formula is C20H39N7O4S. The van der Waals surface area contributed by atoms with Crippen molar-refractivity contribution in [3.05, 3.63) is 0 Å². The first-order chi connectivity index (χ1) is 15.5. The molecular weight excluding hydrogens is 434 g/mol. The lowest BCUT2D eigenvalue weighted by Crippen LogP contribution is -2.67. The fourth-order valence-electron chi connectivity index (χ4n) is 6.35. The van der Waals surface area contributed by atoms with E-state index >= 15 is 0 Å². The van der Waals surface area contributed by atoms with Gasteiger partial charge in [0.05, 0.1) is 23.9 Å². The Bertz CT molecular complexity index is 750. The summed E-state index contributed by atoms with van der Waals surface area (Å²) in [5.41, 5.74) is 6.87. The van der Waals surface area contributed by atoms with Gasteiger partial charge in [-0.1, -0.05) is 0 Å². The smallest absolute Gasteiger partial charge is 0.216 e. The van der Waals surface area contributed by atoms with Crippen LogP contribution in [0.4, 0.5) is 0 Å². The van der Waals surface area contributed by atoms with Gasteiger partial charge in [0.2, 0.25) is 10.0 Å². The van der Waals surface area contributed by atoms with E-state index in [1.165, 1.54) is 0 Å². The largest absolute Gasteiger partial charge is 0.380 e. The monoisotopic (exact) mass is 473 g/mol. The van der Waals surface area contributed by atoms with Crippen LogP contribution < -0.4 is 26.2 Å². The van der Waals surface area contributed by atoms with Crippen LogP contribution in [0.5, 0.6) is 0 Å². The van der Waals surface area contributed by atoms with Crippen molar-refractivity contribution in [3.8, 4) is 0 Å². The fraction of sp³-hybridized carbons (Fsp3) is 1.00. The molecule has 0 aromatic carbocycles. The minimum atomic E-state index is -3.50. The first-order valence-corrected chi connectivity index (χ1v) is 13.6. The average Bonchev–Trinajstić information content (AvgIpc) is 3.29. The normalized spacial score (nSPS) is 44.2. The molecule has 32 heavy (non-hydrogen) atoms. The van der Waals surface area contributed by atoms with Crippen molar-refractivity contribution in [2.24, 2.45) is 11.8 Å². The maximum Gasteiger partial charge on any atom is 0.216 e. The van der Waals surface area contributed by atoms with E-state index in [0.29, 0.717) is 36.9 Å². The minimum absolute atomic E-state index is 0.0612. The molecule has 0 radical (unpaired) electrons. The highest BCUT2D eigenvalue weighted by atomic mass is 32.2. The van der Waals surface area contributed by atoms with Crippen LogP contribution in [0.15, 0.2) is 0 Å². The van der Waals surface area contributed by atoms with Gasteiger partial charge in [-0.25, -0.2) is 23.2 Å². The second-order valence-electron chi connectivity index (χ2n) is 9.91. The third-order valence-corrected chi connectivity index (χ3v) is 10.0. The standard InChI is InChI=1S/C20H39N7O4S/c1-26-19-13(9-23-26)8-22-20(30-2)18(19)25-32(28,29)14-4-5-16(21-10-14)15-11-24-27-6-3-7-31-12-17(15)27/h13-25H,3-12H2,1-2H3. The van der Waals surface area contributed by atoms with Crippen molar-refractivity contribution in [2.45, 2.75) is 54.9 Å². The first-order valence-electron chi connectivity index (χ1n) is 12.0. The van der Waals surface area contributed by atoms with Crippen LogP contribution in [0.3, 0.4) is 0 Å². The van der Waals surface area contributed by atoms with Gasteiger partial charge >= 0.3 is 0 Å². The number of hydrogen-bond acceptors (Lipinski definition) is 10. The summed E-state index contributed by atoms with van der Waals surface area (Å²) >= 11 is 0. The Morgan fingerprint density at radius 3 is 2.75 bits per heavy atom. The van der Waals surface area contributed by atoms with Crippen LogP contribution in [-0.4, -0.2) is 114 Å². The van der Waals surface area contributed by atoms with Crippen LogP contribution in [-0.2, 0) is 19.5 Å². The molecule has 5 rings (SSSR count). The fourth-order valence-corrected chi connectivity index (χ4v) is 7.95. The highest BCUT2D eigenvalue weighted by Crippen LogP contribution is 2.29. The Kier molecular flexibility index (Phi) is 7.06. The van der Waals surface area contributed by atoms with Gasteiger partial charge < -0.3 is 14.8 Å². The van der Waals surface area contributed by atoms with E-state index in [4.69, 9.17) is 9.47 Å². The zero-order valence-electron chi connectivity index (χ0n) is 19.1. The van der Waals surface area contributed by atoms with Crippen molar-refractivity contribution in [1.29, 1.82) is 0 Å². The summed E-state index contributed by atoms with van der Waals surface area (Å²) in [5.74, 6) is 0.775. The molecule has 5 fully saturated rings. The van der Waals surface area contributed by atoms with E-state index in [9.17, 15) is 8.42 Å². The molecule has 8 atom stereocenters. The van der Waals surface area contributed by atoms with Crippen LogP contribution in [0.2, 0.25) is 0 Å². The SMILES string of the molecule is COC1NCC2CNN(C)C2C1NS(=O)(=O)C1CCC(C2CNN3CCCOCC23)NC1. The molecule has 5 aliphatic heterocycles. The molecule has 5 N–H and O–H groups in total. The van der Waals surface area contributed by atoms with Crippen molar-refractivity contribution in [1.82, 2.24) is 36.2 Å². The third-order valence-electron chi connectivity index (χ3n) is 8.13. The summed E-state index contributed by atoms with van der Waals surface area (Å²) in [6.45, 7) is 5.62. The topological polar surface area (TPSA) is 119 Å². The lowest BCUT2D eigenvalue weighted by Gasteiger charge is -2.42. The summed E-state index contributed by atoms with van der Waals surface area (Å²) in [5, 5.41) is 10.9. The number of hydrogen-bond donors (Lipinski definition) is 5. The number of rotatable bonds is 5. The molecule has 8 unspecified atom stereocenters. The summed E-state index contributed by atoms with van der Waals surface area (Å²) in [6.07, 6.45) is 2.22. The zero-order valence-corrected chi connectivity index (χ0v) is 19.9. The van der Waals surface area contributed by atoms with Crippen molar-refractivity contribution in [3.63, 3.8) is 0 Å². The molecule has 0 aromatic heterocycles. The molecule has 0 bridgehead atoms. The molecule has 5 saturated heterocycles. The van der Waals surface area contributed by atoms with Gasteiger partial charge in [0.1, 0.15) is 6.23 Å². The quantitative estimate of drug-likeness (QED) is 0.296. The van der Waals surface area contributed by atoms with Gasteiger partial charge in [0.15, 0.2) is 0 Å². The molecule has 0 spiro atoms. The first kappa shape index (κ1) is 23.3. The number of hydrazine groups is 2. The predicted molar refractivity (Wildman–Crippen MR) is 120 cm³/mol. The number of methoxy groups -OCH3 is 1. The summed E-state index contributed by atoms with van der Waals surface area (Å²) < 4.78 is 41.2. The Labute approximate surface area is 191 Å². The Balaban J connectivity index is 1.21. The molecule has 0 amide bonds. The van der Waals surface area contributed by atoms with Crippen LogP contribution in [0, 0.1) is 11.8 Å². The van der Waals surface area contributed by atoms with Crippen LogP contribution in [0.25, 0.3) is 0 Å². The number of sulfonamides is 1. The van der Waals surface area contributed by atoms with Crippen molar-refractivity contribution >= 4 is 10.0 Å². The van der Waals surface area contributed by atoms with E-state index in [1.807, 2.05) is 12.1 Å². The maximum atomic E-state index is 13.4. The second kappa shape index (κ2) is 9.68. The predicted octanol–water partition coefficient (Wildman–Crippen LogP) is -2.37. The number of nitrogens with one attached hydrogen (secondary N) is 5. The molecule has 11 nitrogen and oxygen atoms in total. The molecule has 0 saturated carbocycles. The van der Waals surface area contributed by atoms with E-state index in [0.717, 1.165) is 52.2 Å². The Morgan fingerprint density at radius 1 is 1.09 bits per heavy atom. The van der Waals surface area contributed by atoms with E-state index in [1.54, 1.807) is 7.11 Å². The lowest BCUT2D eigenvalue weighted by atomic mass is 9.87. The van der Waals surface area contributed by atoms with Gasteiger partial charge in [0.25, 0.3) is 0 Å². The molecule has 184 valence electrons. The van der Waals surface area contributed by atoms with Gasteiger partial charge in [0, 0.05) is 77.4 Å². The highest BCUT2D eigenvalue weighted by molar-refractivity contribution is 7.90. The van der Waals surface area contributed by atoms with Crippen LogP contribution >= 0.6 is 0 Å². The number of nitrogens with zero attached hydrogens (tertiary/aromatic N) is 2. The minimum Gasteiger partial charge on any atom is -0.380 e. The Morgan fingerprint density at radius 2 is 1.97 bits per heavy atom. The van der Waals surface area contributed by atoms with E-state index < -0.39 is 15.3 Å². The molecule has 0 aliphatic carbocycles. The summed E-state index contributed by atoms with van der Waals surface area (Å²) in [7, 11) is 0.107. The second-order valence-corrected chi connectivity index (χ2v) is 11.9. The number of likely N-dealkylation sites (N-methyl/N-ethyl adjacent to an activating group) is 1. The number of ether oxygens (including phenoxy) is 2. The van der Waals surface area contributed by atoms with Gasteiger partial charge in [-0.05, 0) is 19.3 Å². The lowest BCUT2D eigenvalue weighted by molar-refractivity contribution is -0.0106. The molecule has 0 aromatic rings. The van der Waals surface area contributed by atoms with E-state index in [-0.39, 0.29) is 18.3 Å². The third kappa shape index (κ3) is 4.47. The highest BCUT2D eigenvalue weighted by Gasteiger charge is 2.48. The summed E-state index contributed by atoms with van der Waals surface area (Å²) in [6, 6.07) is 0.394. The van der Waals surface area contributed by atoms with Gasteiger partial charge in [-0.15, -0.1) is 0 Å². The van der Waals surface area contributed by atoms with E-state index in [2.05, 4.69) is 31.2 Å². The average molecular weight is 474 g/mol. The van der Waals surface area contributed by atoms with Crippen molar-refractivity contribution in [2.75, 3.05) is 60.1 Å². The van der Waals surface area contributed by atoms with Crippen LogP contribution in [0.1, 0.15) is 19.3 Å². The van der Waals surface area contributed by atoms with Gasteiger partial charge in [-0.3, -0.25) is 16.2 Å². The molecule has 12 heteroatoms. The molecule has 5 heterocycles. The molecule has 5 aliphatic rings. The number of fused-ring (bicyclic) bond motifs is 2. The zero-order chi connectivity index (χ0) is 22.3. The van der Waals surface area contributed by atoms with Gasteiger partial charge in [-0.2, -0.15) is 0 Å². The number of piperidine rings is 2. The van der Waals surface area contributed by atoms with Crippen molar-refractivity contribution < 1.29 is 17.9 Å². The summed E-state index contributed by atoms with van der Waals surface area (Å²) in [4.78, 5) is 0.